The molecule has 0 unspecified atom stereocenters. The summed E-state index contributed by atoms with van der Waals surface area (Å²) in [7, 11) is 0. The first-order valence-electron chi connectivity index (χ1n) is 11.5. The number of carbonyl (C=O) groups is 4. The minimum atomic E-state index is -1.15. The molecule has 2 atom stereocenters. The summed E-state index contributed by atoms with van der Waals surface area (Å²) in [5.41, 5.74) is -0.913. The molecule has 0 spiro atoms. The number of nitrogens with zero attached hydrogens (tertiary/aromatic N) is 2. The summed E-state index contributed by atoms with van der Waals surface area (Å²) in [5.74, 6) is -2.33. The Bertz CT molecular complexity index is 887. The molecular formula is C25H36N2O7. The Morgan fingerprint density at radius 1 is 1.03 bits per heavy atom. The Balaban J connectivity index is 2.47. The number of ether oxygens (including phenoxy) is 2. The Morgan fingerprint density at radius 2 is 1.62 bits per heavy atom. The second kappa shape index (κ2) is 10.9. The van der Waals surface area contributed by atoms with E-state index in [4.69, 9.17) is 9.47 Å². The maximum Gasteiger partial charge on any atom is 0.411 e. The zero-order valence-electron chi connectivity index (χ0n) is 20.9. The van der Waals surface area contributed by atoms with Gasteiger partial charge in [0.05, 0.1) is 0 Å². The van der Waals surface area contributed by atoms with Gasteiger partial charge in [0.15, 0.2) is 0 Å². The second-order valence-corrected chi connectivity index (χ2v) is 10.4. The average Bonchev–Trinajstić information content (AvgIpc) is 3.18. The molecule has 0 saturated carbocycles. The predicted octanol–water partition coefficient (Wildman–Crippen LogP) is 3.25. The van der Waals surface area contributed by atoms with Crippen molar-refractivity contribution in [2.45, 2.75) is 84.1 Å². The lowest BCUT2D eigenvalue weighted by Gasteiger charge is -2.35. The van der Waals surface area contributed by atoms with E-state index in [-0.39, 0.29) is 13.0 Å². The normalized spacial score (nSPS) is 17.1. The first kappa shape index (κ1) is 27.1. The number of rotatable bonds is 7. The van der Waals surface area contributed by atoms with Crippen LogP contribution in [0.15, 0.2) is 30.3 Å². The molecule has 1 N–H and O–H groups in total. The van der Waals surface area contributed by atoms with Gasteiger partial charge in [-0.25, -0.2) is 9.59 Å². The molecule has 0 bridgehead atoms. The molecule has 1 aromatic carbocycles. The number of carboxylic acids is 1. The summed E-state index contributed by atoms with van der Waals surface area (Å²) in [5, 5.41) is 9.60. The van der Waals surface area contributed by atoms with E-state index in [0.29, 0.717) is 12.8 Å². The number of esters is 1. The van der Waals surface area contributed by atoms with Crippen LogP contribution in [-0.2, 0) is 30.3 Å². The van der Waals surface area contributed by atoms with Crippen LogP contribution in [0.3, 0.4) is 0 Å². The maximum absolute atomic E-state index is 13.7. The molecular weight excluding hydrogens is 440 g/mol. The molecule has 2 rings (SSSR count). The molecule has 1 aliphatic heterocycles. The molecule has 1 aliphatic rings. The van der Waals surface area contributed by atoms with E-state index in [1.807, 2.05) is 6.07 Å². The molecule has 34 heavy (non-hydrogen) atoms. The molecule has 1 heterocycles. The monoisotopic (exact) mass is 476 g/mol. The van der Waals surface area contributed by atoms with E-state index >= 15 is 0 Å². The topological polar surface area (TPSA) is 113 Å². The van der Waals surface area contributed by atoms with Crippen molar-refractivity contribution in [3.63, 3.8) is 0 Å². The highest BCUT2D eigenvalue weighted by Crippen LogP contribution is 2.23. The highest BCUT2D eigenvalue weighted by molar-refractivity contribution is 5.91. The molecule has 2 amide bonds. The van der Waals surface area contributed by atoms with E-state index in [0.717, 1.165) is 10.5 Å². The van der Waals surface area contributed by atoms with Gasteiger partial charge >= 0.3 is 18.0 Å². The number of amides is 2. The predicted molar refractivity (Wildman–Crippen MR) is 125 cm³/mol. The van der Waals surface area contributed by atoms with E-state index in [1.165, 1.54) is 4.90 Å². The fraction of sp³-hybridized carbons (Fsp3) is 0.600. The fourth-order valence-electron chi connectivity index (χ4n) is 3.78. The summed E-state index contributed by atoms with van der Waals surface area (Å²) in [6, 6.07) is 6.92. The molecule has 188 valence electrons. The van der Waals surface area contributed by atoms with Gasteiger partial charge in [-0.2, -0.15) is 0 Å². The molecule has 0 radical (unpaired) electrons. The maximum atomic E-state index is 13.7. The summed E-state index contributed by atoms with van der Waals surface area (Å²) < 4.78 is 10.9. The molecule has 0 aromatic heterocycles. The van der Waals surface area contributed by atoms with Gasteiger partial charge in [0.25, 0.3) is 0 Å². The molecule has 1 aromatic rings. The van der Waals surface area contributed by atoms with Crippen LogP contribution in [-0.4, -0.2) is 75.2 Å². The van der Waals surface area contributed by atoms with E-state index in [2.05, 4.69) is 0 Å². The van der Waals surface area contributed by atoms with Gasteiger partial charge in [0.2, 0.25) is 5.91 Å². The van der Waals surface area contributed by atoms with Crippen LogP contribution in [0.5, 0.6) is 0 Å². The number of hydrogen-bond acceptors (Lipinski definition) is 6. The zero-order valence-corrected chi connectivity index (χ0v) is 20.9. The lowest BCUT2D eigenvalue weighted by Crippen LogP contribution is -2.56. The molecule has 9 nitrogen and oxygen atoms in total. The summed E-state index contributed by atoms with van der Waals surface area (Å²) in [4.78, 5) is 53.8. The fourth-order valence-corrected chi connectivity index (χ4v) is 3.78. The van der Waals surface area contributed by atoms with Crippen LogP contribution in [0, 0.1) is 0 Å². The number of carboxylic acid groups (broad SMARTS) is 1. The van der Waals surface area contributed by atoms with Crippen LogP contribution < -0.4 is 0 Å². The van der Waals surface area contributed by atoms with Crippen LogP contribution in [0.25, 0.3) is 0 Å². The van der Waals surface area contributed by atoms with Crippen molar-refractivity contribution in [3.8, 4) is 0 Å². The third-order valence-electron chi connectivity index (χ3n) is 5.10. The SMILES string of the molecule is CC(C)(C)OC(=O)CN(C(=O)OC(C)(C)C)[C@H](Cc1ccccc1)C(=O)N1CCC[C@H]1C(=O)O. The van der Waals surface area contributed by atoms with Crippen molar-refractivity contribution < 1.29 is 33.8 Å². The molecule has 0 aliphatic carbocycles. The number of carbonyl (C=O) groups excluding carboxylic acids is 3. The van der Waals surface area contributed by atoms with Gasteiger partial charge in [-0.3, -0.25) is 14.5 Å². The second-order valence-electron chi connectivity index (χ2n) is 10.4. The zero-order chi connectivity index (χ0) is 25.7. The lowest BCUT2D eigenvalue weighted by molar-refractivity contribution is -0.158. The Hall–Kier alpha value is -3.10. The van der Waals surface area contributed by atoms with Crippen molar-refractivity contribution in [1.82, 2.24) is 9.80 Å². The van der Waals surface area contributed by atoms with E-state index in [9.17, 15) is 24.3 Å². The van der Waals surface area contributed by atoms with Gasteiger partial charge in [-0.05, 0) is 59.9 Å². The third-order valence-corrected chi connectivity index (χ3v) is 5.10. The lowest BCUT2D eigenvalue weighted by atomic mass is 10.0. The van der Waals surface area contributed by atoms with Crippen LogP contribution in [0.1, 0.15) is 59.9 Å². The first-order valence-corrected chi connectivity index (χ1v) is 11.5. The number of hydrogen-bond donors (Lipinski definition) is 1. The van der Waals surface area contributed by atoms with Crippen LogP contribution in [0.4, 0.5) is 4.79 Å². The Morgan fingerprint density at radius 3 is 2.15 bits per heavy atom. The van der Waals surface area contributed by atoms with Gasteiger partial charge in [0, 0.05) is 13.0 Å². The van der Waals surface area contributed by atoms with Crippen molar-refractivity contribution in [1.29, 1.82) is 0 Å². The molecule has 1 saturated heterocycles. The number of likely N-dealkylation sites (tertiary alicyclic amines) is 1. The van der Waals surface area contributed by atoms with Gasteiger partial charge in [-0.15, -0.1) is 0 Å². The standard InChI is InChI=1S/C25H36N2O7/c1-24(2,3)33-20(28)16-27(23(32)34-25(4,5)6)19(15-17-11-8-7-9-12-17)21(29)26-14-10-13-18(26)22(30)31/h7-9,11-12,18-19H,10,13-16H2,1-6H3,(H,30,31)/t18-,19+/m0/s1. The first-order chi connectivity index (χ1) is 15.7. The third kappa shape index (κ3) is 8.04. The minimum Gasteiger partial charge on any atom is -0.480 e. The van der Waals surface area contributed by atoms with Crippen LogP contribution in [0.2, 0.25) is 0 Å². The molecule has 1 fully saturated rings. The molecule has 9 heteroatoms. The summed E-state index contributed by atoms with van der Waals surface area (Å²) in [6.07, 6.45) is 0.111. The highest BCUT2D eigenvalue weighted by atomic mass is 16.6. The van der Waals surface area contributed by atoms with Crippen molar-refractivity contribution in [2.24, 2.45) is 0 Å². The smallest absolute Gasteiger partial charge is 0.411 e. The van der Waals surface area contributed by atoms with Crippen molar-refractivity contribution >= 4 is 23.9 Å². The summed E-state index contributed by atoms with van der Waals surface area (Å²) in [6.45, 7) is 9.92. The largest absolute Gasteiger partial charge is 0.480 e. The minimum absolute atomic E-state index is 0.0879. The van der Waals surface area contributed by atoms with Crippen molar-refractivity contribution in [2.75, 3.05) is 13.1 Å². The van der Waals surface area contributed by atoms with Gasteiger partial charge < -0.3 is 19.5 Å². The number of benzene rings is 1. The highest BCUT2D eigenvalue weighted by Gasteiger charge is 2.42. The quantitative estimate of drug-likeness (QED) is 0.601. The summed E-state index contributed by atoms with van der Waals surface area (Å²) >= 11 is 0. The number of aliphatic carboxylic acids is 1. The van der Waals surface area contributed by atoms with Gasteiger partial charge in [0.1, 0.15) is 29.8 Å². The van der Waals surface area contributed by atoms with Crippen LogP contribution >= 0.6 is 0 Å². The Kier molecular flexibility index (Phi) is 8.69. The van der Waals surface area contributed by atoms with E-state index in [1.54, 1.807) is 65.8 Å². The van der Waals surface area contributed by atoms with E-state index < -0.39 is 53.8 Å². The Labute approximate surface area is 201 Å². The average molecular weight is 477 g/mol. The van der Waals surface area contributed by atoms with Gasteiger partial charge in [-0.1, -0.05) is 30.3 Å². The van der Waals surface area contributed by atoms with Crippen molar-refractivity contribution in [3.05, 3.63) is 35.9 Å².